The van der Waals surface area contributed by atoms with Crippen LogP contribution >= 0.6 is 0 Å². The van der Waals surface area contributed by atoms with Crippen molar-refractivity contribution in [3.63, 3.8) is 0 Å². The predicted octanol–water partition coefficient (Wildman–Crippen LogP) is 19.1. The molecule has 0 aliphatic carbocycles. The number of fused-ring (bicyclic) bond motifs is 4. The van der Waals surface area contributed by atoms with Gasteiger partial charge in [0.25, 0.3) is 0 Å². The largest absolute Gasteiger partial charge is 0.509 e. The maximum absolute atomic E-state index is 7.17. The van der Waals surface area contributed by atoms with Crippen LogP contribution in [0, 0.1) is 18.8 Å². The zero-order valence-corrected chi connectivity index (χ0v) is 49.0. The zero-order valence-electron chi connectivity index (χ0n) is 46.7. The van der Waals surface area contributed by atoms with E-state index in [0.717, 1.165) is 55.9 Å². The van der Waals surface area contributed by atoms with Crippen molar-refractivity contribution in [1.82, 2.24) is 9.55 Å². The fourth-order valence-electron chi connectivity index (χ4n) is 10.9. The molecule has 6 heteroatoms. The smallest absolute Gasteiger partial charge is 0.135 e. The molecule has 0 amide bonds. The van der Waals surface area contributed by atoms with E-state index in [1.54, 1.807) is 0 Å². The average molecular weight is 1170 g/mol. The number of benzene rings is 7. The maximum Gasteiger partial charge on any atom is 0.135 e. The zero-order chi connectivity index (χ0) is 52.6. The molecule has 75 heavy (non-hydrogen) atoms. The fraction of sp³-hybridized carbons (Fsp3) is 0.304. The second kappa shape index (κ2) is 19.9. The molecule has 5 nitrogen and oxygen atoms in total. The molecule has 0 radical (unpaired) electrons. The molecule has 7 aromatic carbocycles. The molecule has 0 saturated carbocycles. The number of rotatable bonds is 10. The van der Waals surface area contributed by atoms with Gasteiger partial charge in [0.1, 0.15) is 5.82 Å². The number of ether oxygens (including phenoxy) is 1. The molecule has 1 aliphatic rings. The van der Waals surface area contributed by atoms with Crippen LogP contribution in [0.25, 0.3) is 38.8 Å². The van der Waals surface area contributed by atoms with E-state index in [2.05, 4.69) is 277 Å². The number of aromatic nitrogens is 2. The predicted molar refractivity (Wildman–Crippen MR) is 313 cm³/mol. The first-order valence-corrected chi connectivity index (χ1v) is 26.6. The van der Waals surface area contributed by atoms with E-state index in [-0.39, 0.29) is 42.7 Å². The number of para-hydroxylation sites is 1. The minimum Gasteiger partial charge on any atom is -0.509 e. The van der Waals surface area contributed by atoms with E-state index in [1.807, 2.05) is 12.3 Å². The van der Waals surface area contributed by atoms with Gasteiger partial charge in [0.2, 0.25) is 0 Å². The van der Waals surface area contributed by atoms with Crippen molar-refractivity contribution in [2.45, 2.75) is 137 Å². The Balaban J connectivity index is 0.00000689. The summed E-state index contributed by atoms with van der Waals surface area (Å²) >= 11 is 0. The molecule has 2 aromatic heterocycles. The van der Waals surface area contributed by atoms with Crippen LogP contribution in [0.15, 0.2) is 152 Å². The van der Waals surface area contributed by atoms with E-state index < -0.39 is 0 Å². The first kappa shape index (κ1) is 53.4. The monoisotopic (exact) mass is 1170 g/mol. The van der Waals surface area contributed by atoms with Crippen molar-refractivity contribution >= 4 is 44.6 Å². The molecule has 388 valence electrons. The van der Waals surface area contributed by atoms with Gasteiger partial charge in [-0.2, -0.15) is 6.07 Å². The number of hydrogen-bond acceptors (Lipinski definition) is 4. The minimum atomic E-state index is -0.248. The van der Waals surface area contributed by atoms with Gasteiger partial charge in [-0.1, -0.05) is 188 Å². The van der Waals surface area contributed by atoms with Crippen LogP contribution in [0.1, 0.15) is 155 Å². The summed E-state index contributed by atoms with van der Waals surface area (Å²) in [5, 5.41) is 2.21. The molecule has 0 N–H and O–H groups in total. The molecule has 1 aliphatic heterocycles. The van der Waals surface area contributed by atoms with Crippen molar-refractivity contribution in [2.24, 2.45) is 0 Å². The van der Waals surface area contributed by atoms with Crippen LogP contribution in [0.4, 0.5) is 22.7 Å². The molecule has 9 aromatic rings. The van der Waals surface area contributed by atoms with Gasteiger partial charge in [-0.05, 0) is 120 Å². The molecular weight excluding hydrogens is 1100 g/mol. The van der Waals surface area contributed by atoms with Crippen LogP contribution in [0.3, 0.4) is 0 Å². The minimum absolute atomic E-state index is 0. The maximum atomic E-state index is 7.17. The Hall–Kier alpha value is -6.42. The normalized spacial score (nSPS) is 13.3. The average Bonchev–Trinajstić information content (AvgIpc) is 3.91. The third-order valence-electron chi connectivity index (χ3n) is 15.2. The van der Waals surface area contributed by atoms with Gasteiger partial charge in [-0.25, -0.2) is 4.98 Å². The van der Waals surface area contributed by atoms with Crippen LogP contribution in [-0.4, -0.2) is 9.55 Å². The third-order valence-corrected chi connectivity index (χ3v) is 15.2. The van der Waals surface area contributed by atoms with Gasteiger partial charge in [0.15, 0.2) is 0 Å². The Kier molecular flexibility index (Phi) is 14.2. The van der Waals surface area contributed by atoms with Crippen LogP contribution in [0.5, 0.6) is 11.5 Å². The van der Waals surface area contributed by atoms with E-state index in [9.17, 15) is 0 Å². The van der Waals surface area contributed by atoms with Gasteiger partial charge in [-0.15, -0.1) is 53.6 Å². The van der Waals surface area contributed by atoms with Crippen LogP contribution in [-0.2, 0) is 42.7 Å². The van der Waals surface area contributed by atoms with Crippen molar-refractivity contribution in [2.75, 3.05) is 9.80 Å². The molecule has 10 rings (SSSR count). The van der Waals surface area contributed by atoms with Gasteiger partial charge in [0, 0.05) is 66.8 Å². The van der Waals surface area contributed by atoms with Gasteiger partial charge < -0.3 is 19.1 Å². The van der Waals surface area contributed by atoms with E-state index in [1.165, 1.54) is 44.5 Å². The standard InChI is InChI=1S/C69H73N4O.Pt/c1-44(2)54-28-22-29-55(45(3)4)65(54)46-35-51(72-43-71(50-26-21-25-48(37-50)66(5,6)7)62-41-58(67(8,9)10)59(42-63(62)72)68(11,12)13)39-53(36-46)74-52-31-32-57-56-27-19-20-30-60(56)73(61(57)40-52)64-38-49(33-34-70-64)69(14,15)47-23-17-16-18-24-47;/h16-38,41-45H,1-15H3;/q-3;. The molecular formula is C69H73N4OPt-3. The second-order valence-corrected chi connectivity index (χ2v) is 24.7. The number of pyridine rings is 1. The Morgan fingerprint density at radius 2 is 1.13 bits per heavy atom. The van der Waals surface area contributed by atoms with Crippen LogP contribution in [0.2, 0.25) is 0 Å². The fourth-order valence-corrected chi connectivity index (χ4v) is 10.9. The quantitative estimate of drug-likeness (QED) is 0.128. The van der Waals surface area contributed by atoms with E-state index in [0.29, 0.717) is 23.3 Å². The summed E-state index contributed by atoms with van der Waals surface area (Å²) in [4.78, 5) is 9.75. The topological polar surface area (TPSA) is 33.5 Å². The number of hydrogen-bond donors (Lipinski definition) is 0. The Bertz CT molecular complexity index is 3540. The van der Waals surface area contributed by atoms with Crippen molar-refractivity contribution in [3.05, 3.63) is 210 Å². The second-order valence-electron chi connectivity index (χ2n) is 24.7. The van der Waals surface area contributed by atoms with Crippen molar-refractivity contribution in [1.29, 1.82) is 0 Å². The van der Waals surface area contributed by atoms with Gasteiger partial charge >= 0.3 is 0 Å². The van der Waals surface area contributed by atoms with E-state index in [4.69, 9.17) is 9.72 Å². The summed E-state index contributed by atoms with van der Waals surface area (Å²) < 4.78 is 9.40. The summed E-state index contributed by atoms with van der Waals surface area (Å²) in [6, 6.07) is 60.7. The SMILES string of the molecule is CC(C)c1cccc(C(C)C)c1-c1cc(Oc2[c-]c3c(cc2)c2ccccc2n3-c2cc(C(C)(C)c3ccccc3)ccn2)[c-]c(N2[CH-]N(c3cccc(C(C)(C)C)c3)c3cc(C(C)(C)C)c(C(C)(C)C)cc32)c1.[Pt]. The first-order valence-electron chi connectivity index (χ1n) is 26.6. The molecule has 0 bridgehead atoms. The van der Waals surface area contributed by atoms with Crippen molar-refractivity contribution < 1.29 is 25.8 Å². The first-order chi connectivity index (χ1) is 35.0. The van der Waals surface area contributed by atoms with Gasteiger partial charge in [-0.3, -0.25) is 0 Å². The Labute approximate surface area is 462 Å². The molecule has 0 saturated heterocycles. The molecule has 0 atom stereocenters. The number of nitrogens with zero attached hydrogens (tertiary/aromatic N) is 4. The van der Waals surface area contributed by atoms with Crippen LogP contribution < -0.4 is 14.5 Å². The molecule has 3 heterocycles. The summed E-state index contributed by atoms with van der Waals surface area (Å²) in [5.41, 5.74) is 17.1. The number of anilines is 4. The summed E-state index contributed by atoms with van der Waals surface area (Å²) in [7, 11) is 0. The summed E-state index contributed by atoms with van der Waals surface area (Å²) in [5.74, 6) is 2.62. The Morgan fingerprint density at radius 1 is 0.520 bits per heavy atom. The summed E-state index contributed by atoms with van der Waals surface area (Å²) in [6.45, 7) is 36.8. The van der Waals surface area contributed by atoms with Gasteiger partial charge in [0.05, 0.1) is 0 Å². The molecule has 0 unspecified atom stereocenters. The molecule has 0 spiro atoms. The summed E-state index contributed by atoms with van der Waals surface area (Å²) in [6.07, 6.45) is 1.93. The van der Waals surface area contributed by atoms with Crippen molar-refractivity contribution in [3.8, 4) is 28.4 Å². The van der Waals surface area contributed by atoms with E-state index >= 15 is 0 Å². The third kappa shape index (κ3) is 10.1. The Morgan fingerprint density at radius 3 is 1.77 bits per heavy atom. The molecule has 0 fully saturated rings.